The summed E-state index contributed by atoms with van der Waals surface area (Å²) in [6.45, 7) is 27.2. The summed E-state index contributed by atoms with van der Waals surface area (Å²) in [6.07, 6.45) is 4.43. The van der Waals surface area contributed by atoms with Crippen molar-refractivity contribution >= 4 is 28.3 Å². The van der Waals surface area contributed by atoms with Crippen molar-refractivity contribution in [2.24, 2.45) is 0 Å². The van der Waals surface area contributed by atoms with Crippen molar-refractivity contribution in [3.8, 4) is 0 Å². The van der Waals surface area contributed by atoms with Crippen molar-refractivity contribution in [2.75, 3.05) is 0 Å². The van der Waals surface area contributed by atoms with Crippen LogP contribution in [0.5, 0.6) is 0 Å². The average molecular weight is 424 g/mol. The number of nitrogens with zero attached hydrogens (tertiary/aromatic N) is 2. The Hall–Kier alpha value is -0.739. The largest absolute Gasteiger partial charge is 1.00 e. The molecule has 0 saturated heterocycles. The van der Waals surface area contributed by atoms with E-state index in [-0.39, 0.29) is 29.9 Å². The average Bonchev–Trinajstić information content (AvgIpc) is 2.41. The second kappa shape index (κ2) is 10.0. The van der Waals surface area contributed by atoms with Gasteiger partial charge in [-0.2, -0.15) is 5.32 Å². The summed E-state index contributed by atoms with van der Waals surface area (Å²) in [5.74, 6) is 0. The molecular formula is C23H42LiN3Si2. The van der Waals surface area contributed by atoms with Crippen LogP contribution in [-0.2, 0) is 0 Å². The molecule has 1 aromatic heterocycles. The Morgan fingerprint density at radius 3 is 1.72 bits per heavy atom. The molecule has 0 unspecified atom stereocenters. The van der Waals surface area contributed by atoms with E-state index in [1.165, 1.54) is 10.6 Å². The zero-order chi connectivity index (χ0) is 22.0. The SMILES string of the molecule is CC(C)(C)[N-]/C(=C/c1cccc(/C=C(/NC(C)(C)C)[Si](C)(C)C)n1)[Si](C)(C)C.[Li+]. The Morgan fingerprint density at radius 2 is 1.34 bits per heavy atom. The van der Waals surface area contributed by atoms with Gasteiger partial charge in [0.15, 0.2) is 0 Å². The number of rotatable bonds is 6. The number of nitrogens with one attached hydrogen (secondary N) is 1. The minimum absolute atomic E-state index is 0. The molecular weight excluding hydrogens is 381 g/mol. The van der Waals surface area contributed by atoms with Gasteiger partial charge in [-0.3, -0.25) is 0 Å². The first-order valence-corrected chi connectivity index (χ1v) is 17.3. The molecule has 1 rings (SSSR count). The van der Waals surface area contributed by atoms with Crippen molar-refractivity contribution in [3.63, 3.8) is 0 Å². The number of pyridine rings is 1. The summed E-state index contributed by atoms with van der Waals surface area (Å²) in [4.78, 5) is 4.93. The van der Waals surface area contributed by atoms with Gasteiger partial charge in [-0.1, -0.05) is 72.2 Å². The summed E-state index contributed by atoms with van der Waals surface area (Å²) in [5.41, 5.74) is 1.96. The Bertz CT molecular complexity index is 669. The fourth-order valence-corrected chi connectivity index (χ4v) is 5.12. The van der Waals surface area contributed by atoms with Crippen LogP contribution < -0.4 is 24.2 Å². The first-order chi connectivity index (χ1) is 12.4. The van der Waals surface area contributed by atoms with E-state index in [9.17, 15) is 0 Å². The predicted octanol–water partition coefficient (Wildman–Crippen LogP) is 4.08. The van der Waals surface area contributed by atoms with E-state index in [0.717, 1.165) is 11.4 Å². The van der Waals surface area contributed by atoms with Crippen LogP contribution in [0.4, 0.5) is 0 Å². The summed E-state index contributed by atoms with van der Waals surface area (Å²) < 4.78 is 0. The fourth-order valence-electron chi connectivity index (χ4n) is 2.54. The minimum Gasteiger partial charge on any atom is -0.686 e. The van der Waals surface area contributed by atoms with Crippen LogP contribution in [0, 0.1) is 0 Å². The van der Waals surface area contributed by atoms with E-state index >= 15 is 0 Å². The van der Waals surface area contributed by atoms with Crippen LogP contribution in [0.2, 0.25) is 39.3 Å². The summed E-state index contributed by atoms with van der Waals surface area (Å²) in [5, 5.41) is 11.3. The van der Waals surface area contributed by atoms with Crippen LogP contribution in [0.25, 0.3) is 17.5 Å². The first kappa shape index (κ1) is 28.3. The van der Waals surface area contributed by atoms with Gasteiger partial charge in [0, 0.05) is 5.54 Å². The molecule has 0 amide bonds. The molecule has 1 aromatic rings. The van der Waals surface area contributed by atoms with Crippen LogP contribution in [-0.4, -0.2) is 32.2 Å². The molecule has 0 aliphatic rings. The molecule has 1 N–H and O–H groups in total. The molecule has 3 nitrogen and oxygen atoms in total. The van der Waals surface area contributed by atoms with E-state index in [1.54, 1.807) is 0 Å². The number of aromatic nitrogens is 1. The van der Waals surface area contributed by atoms with Crippen molar-refractivity contribution in [1.82, 2.24) is 10.3 Å². The molecule has 1 heterocycles. The van der Waals surface area contributed by atoms with Gasteiger partial charge < -0.3 is 10.6 Å². The van der Waals surface area contributed by atoms with E-state index < -0.39 is 16.1 Å². The Morgan fingerprint density at radius 1 is 0.862 bits per heavy atom. The van der Waals surface area contributed by atoms with Gasteiger partial charge in [-0.05, 0) is 44.3 Å². The molecule has 0 spiro atoms. The topological polar surface area (TPSA) is 39.0 Å². The predicted molar refractivity (Wildman–Crippen MR) is 133 cm³/mol. The van der Waals surface area contributed by atoms with Crippen LogP contribution in [0.1, 0.15) is 52.9 Å². The van der Waals surface area contributed by atoms with Gasteiger partial charge >= 0.3 is 18.9 Å². The van der Waals surface area contributed by atoms with Crippen molar-refractivity contribution in [2.45, 2.75) is 91.9 Å². The maximum absolute atomic E-state index is 5.02. The van der Waals surface area contributed by atoms with Crippen molar-refractivity contribution in [3.05, 3.63) is 45.5 Å². The quantitative estimate of drug-likeness (QED) is 0.700. The second-order valence-corrected chi connectivity index (χ2v) is 21.8. The summed E-state index contributed by atoms with van der Waals surface area (Å²) in [6, 6.07) is 6.28. The maximum Gasteiger partial charge on any atom is 1.00 e. The van der Waals surface area contributed by atoms with Crippen molar-refractivity contribution < 1.29 is 18.9 Å². The van der Waals surface area contributed by atoms with Gasteiger partial charge in [-0.25, -0.2) is 4.98 Å². The molecule has 6 heteroatoms. The van der Waals surface area contributed by atoms with Gasteiger partial charge in [0.25, 0.3) is 0 Å². The Labute approximate surface area is 194 Å². The third-order valence-electron chi connectivity index (χ3n) is 3.91. The van der Waals surface area contributed by atoms with Gasteiger partial charge in [-0.15, -0.1) is 5.54 Å². The molecule has 0 fully saturated rings. The van der Waals surface area contributed by atoms with Crippen molar-refractivity contribution in [1.29, 1.82) is 0 Å². The third-order valence-corrected chi connectivity index (χ3v) is 7.59. The number of hydrogen-bond donors (Lipinski definition) is 1. The standard InChI is InChI=1S/C23H42N3Si2.Li/c1-22(2,3)25-20(27(7,8)9)16-18-14-13-15-19(24-18)17-21(28(10,11)12)26-23(4,5)6;/h13-17,25H,1-12H3;/q-1;+1/b20-16-,21-17-;. The zero-order valence-corrected chi connectivity index (χ0v) is 23.3. The molecule has 0 saturated carbocycles. The van der Waals surface area contributed by atoms with Gasteiger partial charge in [0.2, 0.25) is 0 Å². The number of hydrogen-bond acceptors (Lipinski definition) is 2. The minimum atomic E-state index is -1.56. The van der Waals surface area contributed by atoms with E-state index in [0.29, 0.717) is 0 Å². The van der Waals surface area contributed by atoms with E-state index in [4.69, 9.17) is 10.3 Å². The summed E-state index contributed by atoms with van der Waals surface area (Å²) >= 11 is 0. The molecule has 0 aromatic carbocycles. The normalized spacial score (nSPS) is 14.3. The molecule has 0 radical (unpaired) electrons. The van der Waals surface area contributed by atoms with Gasteiger partial charge in [0.1, 0.15) is 0 Å². The molecule has 0 aliphatic heterocycles. The van der Waals surface area contributed by atoms with Crippen LogP contribution >= 0.6 is 0 Å². The molecule has 0 atom stereocenters. The Balaban J connectivity index is 0.00000784. The van der Waals surface area contributed by atoms with E-state index in [2.05, 4.69) is 116 Å². The van der Waals surface area contributed by atoms with Gasteiger partial charge in [0.05, 0.1) is 27.5 Å². The van der Waals surface area contributed by atoms with E-state index in [1.807, 2.05) is 0 Å². The zero-order valence-electron chi connectivity index (χ0n) is 21.3. The Kier molecular flexibility index (Phi) is 9.79. The smallest absolute Gasteiger partial charge is 0.686 e. The molecule has 158 valence electrons. The second-order valence-electron chi connectivity index (χ2n) is 11.7. The third kappa shape index (κ3) is 11.3. The van der Waals surface area contributed by atoms with Crippen LogP contribution in [0.3, 0.4) is 0 Å². The van der Waals surface area contributed by atoms with Crippen LogP contribution in [0.15, 0.2) is 28.8 Å². The molecule has 0 bridgehead atoms. The molecule has 29 heavy (non-hydrogen) atoms. The first-order valence-electron chi connectivity index (χ1n) is 10.3. The summed E-state index contributed by atoms with van der Waals surface area (Å²) in [7, 11) is -3.06. The maximum atomic E-state index is 5.02. The fraction of sp³-hybridized carbons (Fsp3) is 0.609. The molecule has 0 aliphatic carbocycles. The monoisotopic (exact) mass is 423 g/mol.